The van der Waals surface area contributed by atoms with Crippen LogP contribution in [0.3, 0.4) is 0 Å². The number of nitrogens with one attached hydrogen (secondary N) is 1. The number of carbonyl (C=O) groups excluding carboxylic acids is 1. The average Bonchev–Trinajstić information content (AvgIpc) is 2.61. The van der Waals surface area contributed by atoms with Crippen LogP contribution in [0.15, 0.2) is 18.2 Å². The minimum absolute atomic E-state index is 0.0570. The van der Waals surface area contributed by atoms with Crippen molar-refractivity contribution in [1.29, 1.82) is 0 Å². The maximum absolute atomic E-state index is 12.1. The number of halogens is 1. The predicted molar refractivity (Wildman–Crippen MR) is 79.8 cm³/mol. The molecular formula is C14H18INO2. The van der Waals surface area contributed by atoms with Gasteiger partial charge >= 0.3 is 0 Å². The van der Waals surface area contributed by atoms with Gasteiger partial charge in [0.15, 0.2) is 0 Å². The molecule has 0 spiro atoms. The quantitative estimate of drug-likeness (QED) is 0.628. The molecular weight excluding hydrogens is 341 g/mol. The standard InChI is InChI=1S/C14H18INO2/c15-10-7-8-13(17)12(9-10)14(18)16-11-5-3-1-2-4-6-11/h7-9,11,17H,1-6H2,(H,16,18). The van der Waals surface area contributed by atoms with Crippen LogP contribution in [-0.2, 0) is 0 Å². The average molecular weight is 359 g/mol. The van der Waals surface area contributed by atoms with Crippen LogP contribution in [0, 0.1) is 3.57 Å². The summed E-state index contributed by atoms with van der Waals surface area (Å²) >= 11 is 2.14. The maximum atomic E-state index is 12.1. The van der Waals surface area contributed by atoms with E-state index in [-0.39, 0.29) is 17.7 Å². The highest BCUT2D eigenvalue weighted by Crippen LogP contribution is 2.21. The van der Waals surface area contributed by atoms with Gasteiger partial charge in [-0.25, -0.2) is 0 Å². The Morgan fingerprint density at radius 2 is 1.89 bits per heavy atom. The summed E-state index contributed by atoms with van der Waals surface area (Å²) in [5.74, 6) is -0.0977. The summed E-state index contributed by atoms with van der Waals surface area (Å²) in [6, 6.07) is 5.35. The second-order valence-corrected chi connectivity index (χ2v) is 6.07. The van der Waals surface area contributed by atoms with Gasteiger partial charge < -0.3 is 10.4 Å². The molecule has 1 aromatic rings. The highest BCUT2D eigenvalue weighted by atomic mass is 127. The molecule has 0 heterocycles. The second-order valence-electron chi connectivity index (χ2n) is 4.82. The molecule has 2 N–H and O–H groups in total. The molecule has 18 heavy (non-hydrogen) atoms. The molecule has 1 aliphatic rings. The van der Waals surface area contributed by atoms with Crippen LogP contribution in [0.5, 0.6) is 5.75 Å². The number of hydrogen-bond acceptors (Lipinski definition) is 2. The Morgan fingerprint density at radius 1 is 1.22 bits per heavy atom. The van der Waals surface area contributed by atoms with Crippen molar-refractivity contribution in [2.45, 2.75) is 44.6 Å². The molecule has 0 aliphatic heterocycles. The van der Waals surface area contributed by atoms with Crippen molar-refractivity contribution in [3.63, 3.8) is 0 Å². The first-order chi connectivity index (χ1) is 8.66. The molecule has 3 nitrogen and oxygen atoms in total. The summed E-state index contributed by atoms with van der Waals surface area (Å²) in [6.45, 7) is 0. The number of benzene rings is 1. The number of aromatic hydroxyl groups is 1. The predicted octanol–water partition coefficient (Wildman–Crippen LogP) is 3.45. The van der Waals surface area contributed by atoms with Gasteiger partial charge in [0.2, 0.25) is 0 Å². The first-order valence-corrected chi connectivity index (χ1v) is 7.54. The molecule has 1 aromatic carbocycles. The smallest absolute Gasteiger partial charge is 0.255 e. The third-order valence-electron chi connectivity index (χ3n) is 3.39. The van der Waals surface area contributed by atoms with Crippen molar-refractivity contribution >= 4 is 28.5 Å². The second kappa shape index (κ2) is 6.41. The van der Waals surface area contributed by atoms with Gasteiger partial charge in [0, 0.05) is 9.61 Å². The Hall–Kier alpha value is -0.780. The molecule has 1 amide bonds. The summed E-state index contributed by atoms with van der Waals surface area (Å²) in [4.78, 5) is 12.1. The number of hydrogen-bond donors (Lipinski definition) is 2. The fourth-order valence-electron chi connectivity index (χ4n) is 2.38. The molecule has 1 fully saturated rings. The van der Waals surface area contributed by atoms with E-state index in [2.05, 4.69) is 27.9 Å². The van der Waals surface area contributed by atoms with E-state index in [1.165, 1.54) is 25.7 Å². The van der Waals surface area contributed by atoms with E-state index in [1.54, 1.807) is 18.2 Å². The van der Waals surface area contributed by atoms with Crippen molar-refractivity contribution in [3.05, 3.63) is 27.3 Å². The molecule has 0 unspecified atom stereocenters. The van der Waals surface area contributed by atoms with Gasteiger partial charge in [0.25, 0.3) is 5.91 Å². The van der Waals surface area contributed by atoms with E-state index in [0.29, 0.717) is 5.56 Å². The van der Waals surface area contributed by atoms with Crippen molar-refractivity contribution in [3.8, 4) is 5.75 Å². The van der Waals surface area contributed by atoms with Gasteiger partial charge in [-0.1, -0.05) is 25.7 Å². The Kier molecular flexibility index (Phi) is 4.86. The van der Waals surface area contributed by atoms with E-state index in [4.69, 9.17) is 0 Å². The van der Waals surface area contributed by atoms with Gasteiger partial charge in [-0.2, -0.15) is 0 Å². The highest BCUT2D eigenvalue weighted by Gasteiger charge is 2.17. The van der Waals surface area contributed by atoms with Crippen LogP contribution >= 0.6 is 22.6 Å². The van der Waals surface area contributed by atoms with Crippen molar-refractivity contribution in [2.75, 3.05) is 0 Å². The molecule has 1 saturated carbocycles. The maximum Gasteiger partial charge on any atom is 0.255 e. The summed E-state index contributed by atoms with van der Waals surface area (Å²) in [5, 5.41) is 12.8. The lowest BCUT2D eigenvalue weighted by Crippen LogP contribution is -2.34. The Bertz CT molecular complexity index is 426. The highest BCUT2D eigenvalue weighted by molar-refractivity contribution is 14.1. The lowest BCUT2D eigenvalue weighted by Gasteiger charge is -2.16. The summed E-state index contributed by atoms with van der Waals surface area (Å²) in [7, 11) is 0. The lowest BCUT2D eigenvalue weighted by molar-refractivity contribution is 0.0930. The lowest BCUT2D eigenvalue weighted by atomic mass is 10.1. The molecule has 98 valence electrons. The van der Waals surface area contributed by atoms with E-state index >= 15 is 0 Å². The minimum Gasteiger partial charge on any atom is -0.507 e. The Balaban J connectivity index is 2.04. The summed E-state index contributed by atoms with van der Waals surface area (Å²) < 4.78 is 0.955. The number of phenolic OH excluding ortho intramolecular Hbond substituents is 1. The van der Waals surface area contributed by atoms with Crippen LogP contribution in [-0.4, -0.2) is 17.1 Å². The molecule has 2 rings (SSSR count). The number of carbonyl (C=O) groups is 1. The van der Waals surface area contributed by atoms with E-state index < -0.39 is 0 Å². The van der Waals surface area contributed by atoms with E-state index in [9.17, 15) is 9.90 Å². The zero-order chi connectivity index (χ0) is 13.0. The van der Waals surface area contributed by atoms with Crippen LogP contribution in [0.4, 0.5) is 0 Å². The van der Waals surface area contributed by atoms with Crippen molar-refractivity contribution in [2.24, 2.45) is 0 Å². The molecule has 0 radical (unpaired) electrons. The zero-order valence-corrected chi connectivity index (χ0v) is 12.4. The number of amides is 1. The monoisotopic (exact) mass is 359 g/mol. The van der Waals surface area contributed by atoms with Crippen LogP contribution in [0.2, 0.25) is 0 Å². The van der Waals surface area contributed by atoms with Gasteiger partial charge in [0.1, 0.15) is 5.75 Å². The Labute approximate surface area is 121 Å². The third-order valence-corrected chi connectivity index (χ3v) is 4.06. The van der Waals surface area contributed by atoms with Crippen LogP contribution < -0.4 is 5.32 Å². The SMILES string of the molecule is O=C(NC1CCCCCC1)c1cc(I)ccc1O. The van der Waals surface area contributed by atoms with E-state index in [1.807, 2.05) is 0 Å². The zero-order valence-electron chi connectivity index (χ0n) is 10.3. The fourth-order valence-corrected chi connectivity index (χ4v) is 2.87. The number of phenols is 1. The first kappa shape index (κ1) is 13.6. The van der Waals surface area contributed by atoms with Crippen LogP contribution in [0.25, 0.3) is 0 Å². The normalized spacial score (nSPS) is 17.2. The number of rotatable bonds is 2. The van der Waals surface area contributed by atoms with Gasteiger partial charge in [-0.15, -0.1) is 0 Å². The minimum atomic E-state index is -0.155. The third kappa shape index (κ3) is 3.60. The molecule has 4 heteroatoms. The molecule has 0 bridgehead atoms. The topological polar surface area (TPSA) is 49.3 Å². The van der Waals surface area contributed by atoms with Crippen molar-refractivity contribution in [1.82, 2.24) is 5.32 Å². The molecule has 1 aliphatic carbocycles. The van der Waals surface area contributed by atoms with Crippen molar-refractivity contribution < 1.29 is 9.90 Å². The Morgan fingerprint density at radius 3 is 2.56 bits per heavy atom. The van der Waals surface area contributed by atoms with Gasteiger partial charge in [-0.05, 0) is 53.6 Å². The molecule has 0 saturated heterocycles. The van der Waals surface area contributed by atoms with Gasteiger partial charge in [0.05, 0.1) is 5.56 Å². The first-order valence-electron chi connectivity index (χ1n) is 6.46. The van der Waals surface area contributed by atoms with Gasteiger partial charge in [-0.3, -0.25) is 4.79 Å². The summed E-state index contributed by atoms with van der Waals surface area (Å²) in [5.41, 5.74) is 0.381. The summed E-state index contributed by atoms with van der Waals surface area (Å²) in [6.07, 6.45) is 7.00. The van der Waals surface area contributed by atoms with Crippen LogP contribution in [0.1, 0.15) is 48.9 Å². The fraction of sp³-hybridized carbons (Fsp3) is 0.500. The molecule has 0 aromatic heterocycles. The van der Waals surface area contributed by atoms with E-state index in [0.717, 1.165) is 16.4 Å². The molecule has 0 atom stereocenters. The largest absolute Gasteiger partial charge is 0.507 e.